The third-order valence-corrected chi connectivity index (χ3v) is 2.13. The number of hydrogen-bond acceptors (Lipinski definition) is 2. The van der Waals surface area contributed by atoms with Crippen LogP contribution in [0.4, 0.5) is 0 Å². The molecular formula is C8H20ClNS. The third kappa shape index (κ3) is 10.6. The summed E-state index contributed by atoms with van der Waals surface area (Å²) < 4.78 is 0. The number of hydrogen-bond donors (Lipinski definition) is 2. The second kappa shape index (κ2) is 10.6. The van der Waals surface area contributed by atoms with Crippen molar-refractivity contribution in [1.82, 2.24) is 0 Å². The summed E-state index contributed by atoms with van der Waals surface area (Å²) in [6.07, 6.45) is 6.40. The predicted octanol–water partition coefficient (Wildman–Crippen LogP) is 2.64. The fourth-order valence-corrected chi connectivity index (χ4v) is 1.11. The molecule has 0 aromatic rings. The van der Waals surface area contributed by atoms with Crippen molar-refractivity contribution in [3.63, 3.8) is 0 Å². The van der Waals surface area contributed by atoms with Gasteiger partial charge in [-0.2, -0.15) is 12.6 Å². The van der Waals surface area contributed by atoms with Gasteiger partial charge < -0.3 is 5.73 Å². The Morgan fingerprint density at radius 3 is 2.36 bits per heavy atom. The van der Waals surface area contributed by atoms with Gasteiger partial charge >= 0.3 is 0 Å². The topological polar surface area (TPSA) is 26.0 Å². The standard InChI is InChI=1S/C8H19NS.ClH/c1-2-3-4-5-6-8(9)7-10;/h8,10H,2-7,9H2,1H3;1H. The van der Waals surface area contributed by atoms with Crippen LogP contribution >= 0.6 is 25.0 Å². The van der Waals surface area contributed by atoms with Crippen LogP contribution in [0.15, 0.2) is 0 Å². The lowest BCUT2D eigenvalue weighted by Gasteiger charge is -2.06. The first-order valence-electron chi connectivity index (χ1n) is 4.17. The first kappa shape index (κ1) is 14.1. The van der Waals surface area contributed by atoms with Gasteiger partial charge in [-0.3, -0.25) is 0 Å². The summed E-state index contributed by atoms with van der Waals surface area (Å²) in [6.45, 7) is 2.22. The highest BCUT2D eigenvalue weighted by atomic mass is 35.5. The molecule has 0 aliphatic heterocycles. The Morgan fingerprint density at radius 2 is 1.91 bits per heavy atom. The molecule has 11 heavy (non-hydrogen) atoms. The van der Waals surface area contributed by atoms with E-state index in [-0.39, 0.29) is 12.4 Å². The van der Waals surface area contributed by atoms with Crippen molar-refractivity contribution in [3.8, 4) is 0 Å². The molecule has 0 aromatic carbocycles. The molecule has 0 saturated heterocycles. The Balaban J connectivity index is 0. The number of unbranched alkanes of at least 4 members (excludes halogenated alkanes) is 3. The zero-order chi connectivity index (χ0) is 7.82. The van der Waals surface area contributed by atoms with E-state index < -0.39 is 0 Å². The summed E-state index contributed by atoms with van der Waals surface area (Å²) in [5, 5.41) is 0. The van der Waals surface area contributed by atoms with Crippen LogP contribution in [0, 0.1) is 0 Å². The second-order valence-electron chi connectivity index (χ2n) is 2.79. The molecule has 0 aromatic heterocycles. The van der Waals surface area contributed by atoms with E-state index in [1.807, 2.05) is 0 Å². The molecule has 0 bridgehead atoms. The molecule has 0 amide bonds. The first-order chi connectivity index (χ1) is 4.81. The molecule has 0 radical (unpaired) electrons. The molecule has 3 heteroatoms. The third-order valence-electron chi connectivity index (χ3n) is 1.66. The van der Waals surface area contributed by atoms with E-state index in [1.54, 1.807) is 0 Å². The van der Waals surface area contributed by atoms with E-state index in [0.29, 0.717) is 6.04 Å². The molecule has 0 fully saturated rings. The zero-order valence-electron chi connectivity index (χ0n) is 7.25. The van der Waals surface area contributed by atoms with Crippen molar-refractivity contribution in [2.45, 2.75) is 45.1 Å². The zero-order valence-corrected chi connectivity index (χ0v) is 8.96. The predicted molar refractivity (Wildman–Crippen MR) is 57.8 cm³/mol. The largest absolute Gasteiger partial charge is 0.327 e. The van der Waals surface area contributed by atoms with Gasteiger partial charge in [-0.25, -0.2) is 0 Å². The highest BCUT2D eigenvalue weighted by molar-refractivity contribution is 7.80. The van der Waals surface area contributed by atoms with E-state index in [2.05, 4.69) is 19.6 Å². The smallest absolute Gasteiger partial charge is 0.0127 e. The molecule has 0 heterocycles. The lowest BCUT2D eigenvalue weighted by atomic mass is 10.1. The van der Waals surface area contributed by atoms with Gasteiger partial charge in [0, 0.05) is 11.8 Å². The van der Waals surface area contributed by atoms with Crippen molar-refractivity contribution in [3.05, 3.63) is 0 Å². The average Bonchev–Trinajstić information content (AvgIpc) is 1.98. The Kier molecular flexibility index (Phi) is 13.6. The van der Waals surface area contributed by atoms with E-state index in [1.165, 1.54) is 25.7 Å². The molecule has 1 atom stereocenters. The molecule has 0 saturated carbocycles. The SMILES string of the molecule is CCCCCCC(N)CS.Cl. The molecule has 1 nitrogen and oxygen atoms in total. The molecule has 0 aliphatic carbocycles. The van der Waals surface area contributed by atoms with Gasteiger partial charge in [0.25, 0.3) is 0 Å². The summed E-state index contributed by atoms with van der Waals surface area (Å²) in [5.74, 6) is 0.826. The maximum absolute atomic E-state index is 5.68. The molecule has 70 valence electrons. The van der Waals surface area contributed by atoms with Gasteiger partial charge in [0.2, 0.25) is 0 Å². The highest BCUT2D eigenvalue weighted by Crippen LogP contribution is 2.04. The van der Waals surface area contributed by atoms with Crippen LogP contribution in [0.3, 0.4) is 0 Å². The van der Waals surface area contributed by atoms with Crippen LogP contribution in [0.25, 0.3) is 0 Å². The average molecular weight is 198 g/mol. The van der Waals surface area contributed by atoms with E-state index in [4.69, 9.17) is 5.73 Å². The Hall–Kier alpha value is 0.600. The number of rotatable bonds is 6. The van der Waals surface area contributed by atoms with Crippen LogP contribution < -0.4 is 5.73 Å². The molecule has 0 spiro atoms. The summed E-state index contributed by atoms with van der Waals surface area (Å²) in [4.78, 5) is 0. The maximum Gasteiger partial charge on any atom is 0.0127 e. The highest BCUT2D eigenvalue weighted by Gasteiger charge is 1.97. The van der Waals surface area contributed by atoms with E-state index >= 15 is 0 Å². The summed E-state index contributed by atoms with van der Waals surface area (Å²) in [5.41, 5.74) is 5.68. The summed E-state index contributed by atoms with van der Waals surface area (Å²) in [7, 11) is 0. The minimum absolute atomic E-state index is 0. The van der Waals surface area contributed by atoms with Crippen LogP contribution in [-0.4, -0.2) is 11.8 Å². The first-order valence-corrected chi connectivity index (χ1v) is 4.81. The maximum atomic E-state index is 5.68. The van der Waals surface area contributed by atoms with Crippen molar-refractivity contribution in [1.29, 1.82) is 0 Å². The van der Waals surface area contributed by atoms with Gasteiger partial charge in [-0.05, 0) is 6.42 Å². The normalized spacial score (nSPS) is 12.3. The fraction of sp³-hybridized carbons (Fsp3) is 1.00. The number of thiol groups is 1. The summed E-state index contributed by atoms with van der Waals surface area (Å²) in [6, 6.07) is 0.320. The van der Waals surface area contributed by atoms with Crippen molar-refractivity contribution in [2.75, 3.05) is 5.75 Å². The summed E-state index contributed by atoms with van der Waals surface area (Å²) >= 11 is 4.12. The fourth-order valence-electron chi connectivity index (χ4n) is 0.925. The second-order valence-corrected chi connectivity index (χ2v) is 3.16. The molecule has 0 aliphatic rings. The minimum Gasteiger partial charge on any atom is -0.327 e. The Labute approximate surface area is 81.9 Å². The molecule has 0 rings (SSSR count). The lowest BCUT2D eigenvalue weighted by molar-refractivity contribution is 0.580. The van der Waals surface area contributed by atoms with Crippen molar-refractivity contribution < 1.29 is 0 Å². The molecule has 2 N–H and O–H groups in total. The Morgan fingerprint density at radius 1 is 1.27 bits per heavy atom. The van der Waals surface area contributed by atoms with Gasteiger partial charge in [-0.1, -0.05) is 32.6 Å². The minimum atomic E-state index is 0. The van der Waals surface area contributed by atoms with Crippen LogP contribution in [0.2, 0.25) is 0 Å². The number of nitrogens with two attached hydrogens (primary N) is 1. The number of halogens is 1. The molecular weight excluding hydrogens is 178 g/mol. The molecule has 1 unspecified atom stereocenters. The van der Waals surface area contributed by atoms with E-state index in [9.17, 15) is 0 Å². The van der Waals surface area contributed by atoms with Gasteiger partial charge in [-0.15, -0.1) is 12.4 Å². The van der Waals surface area contributed by atoms with Crippen LogP contribution in [0.1, 0.15) is 39.0 Å². The van der Waals surface area contributed by atoms with Crippen LogP contribution in [0.5, 0.6) is 0 Å². The van der Waals surface area contributed by atoms with Crippen molar-refractivity contribution in [2.24, 2.45) is 5.73 Å². The monoisotopic (exact) mass is 197 g/mol. The van der Waals surface area contributed by atoms with Crippen LogP contribution in [-0.2, 0) is 0 Å². The lowest BCUT2D eigenvalue weighted by Crippen LogP contribution is -2.21. The Bertz CT molecular complexity index is 71.1. The van der Waals surface area contributed by atoms with Gasteiger partial charge in [0.1, 0.15) is 0 Å². The van der Waals surface area contributed by atoms with Gasteiger partial charge in [0.05, 0.1) is 0 Å². The van der Waals surface area contributed by atoms with Gasteiger partial charge in [0.15, 0.2) is 0 Å². The van der Waals surface area contributed by atoms with Crippen molar-refractivity contribution >= 4 is 25.0 Å². The quantitative estimate of drug-likeness (QED) is 0.497. The van der Waals surface area contributed by atoms with E-state index in [0.717, 1.165) is 12.2 Å².